The highest BCUT2D eigenvalue weighted by Gasteiger charge is 2.32. The van der Waals surface area contributed by atoms with Crippen LogP contribution in [-0.2, 0) is 12.3 Å². The van der Waals surface area contributed by atoms with Crippen molar-refractivity contribution in [3.8, 4) is 0 Å². The molecule has 3 heteroatoms. The molecule has 84 valence electrons. The van der Waals surface area contributed by atoms with Crippen molar-refractivity contribution >= 4 is 0 Å². The van der Waals surface area contributed by atoms with Gasteiger partial charge in [-0.3, -0.25) is 0 Å². The van der Waals surface area contributed by atoms with Gasteiger partial charge in [-0.1, -0.05) is 32.4 Å². The lowest BCUT2D eigenvalue weighted by atomic mass is 9.96. The van der Waals surface area contributed by atoms with E-state index in [2.05, 4.69) is 0 Å². The smallest absolute Gasteiger partial charge is 0.207 e. The van der Waals surface area contributed by atoms with E-state index in [1.165, 1.54) is 25.1 Å². The molecule has 0 N–H and O–H groups in total. The molecule has 1 aromatic carbocycles. The molecule has 0 radical (unpaired) electrons. The third-order valence-electron chi connectivity index (χ3n) is 2.46. The summed E-state index contributed by atoms with van der Waals surface area (Å²) < 4.78 is 40.3. The minimum atomic E-state index is -2.92. The van der Waals surface area contributed by atoms with Gasteiger partial charge in [0.25, 0.3) is 5.92 Å². The first kappa shape index (κ1) is 12.1. The Kier molecular flexibility index (Phi) is 3.77. The van der Waals surface area contributed by atoms with Gasteiger partial charge < -0.3 is 0 Å². The predicted molar refractivity (Wildman–Crippen MR) is 54.6 cm³/mol. The summed E-state index contributed by atoms with van der Waals surface area (Å²) in [6.45, 7) is 3.25. The summed E-state index contributed by atoms with van der Waals surface area (Å²) in [5, 5.41) is 0. The molecular weight excluding hydrogens is 201 g/mol. The minimum Gasteiger partial charge on any atom is -0.207 e. The van der Waals surface area contributed by atoms with Crippen LogP contribution in [-0.4, -0.2) is 0 Å². The topological polar surface area (TPSA) is 0 Å². The second-order valence-corrected chi connectivity index (χ2v) is 3.57. The molecule has 1 rings (SSSR count). The summed E-state index contributed by atoms with van der Waals surface area (Å²) in [7, 11) is 0. The van der Waals surface area contributed by atoms with E-state index in [0.29, 0.717) is 12.8 Å². The molecular formula is C12H15F3. The number of halogens is 3. The maximum Gasteiger partial charge on any atom is 0.273 e. The molecule has 0 spiro atoms. The lowest BCUT2D eigenvalue weighted by Gasteiger charge is -2.18. The molecule has 0 aromatic heterocycles. The fraction of sp³-hybridized carbons (Fsp3) is 0.500. The molecule has 1 aromatic rings. The van der Waals surface area contributed by atoms with Crippen molar-refractivity contribution in [1.29, 1.82) is 0 Å². The van der Waals surface area contributed by atoms with E-state index in [1.807, 2.05) is 6.92 Å². The van der Waals surface area contributed by atoms with Gasteiger partial charge >= 0.3 is 0 Å². The fourth-order valence-corrected chi connectivity index (χ4v) is 1.60. The van der Waals surface area contributed by atoms with Gasteiger partial charge in [-0.15, -0.1) is 0 Å². The van der Waals surface area contributed by atoms with Crippen molar-refractivity contribution < 1.29 is 13.2 Å². The number of rotatable bonds is 4. The second-order valence-electron chi connectivity index (χ2n) is 3.57. The molecule has 0 saturated heterocycles. The Morgan fingerprint density at radius 3 is 2.40 bits per heavy atom. The van der Waals surface area contributed by atoms with Gasteiger partial charge in [0.1, 0.15) is 5.82 Å². The van der Waals surface area contributed by atoms with Crippen molar-refractivity contribution in [1.82, 2.24) is 0 Å². The van der Waals surface area contributed by atoms with Gasteiger partial charge in [0.05, 0.1) is 0 Å². The van der Waals surface area contributed by atoms with E-state index in [-0.39, 0.29) is 17.5 Å². The summed E-state index contributed by atoms with van der Waals surface area (Å²) in [5.41, 5.74) is -0.00120. The molecule has 0 nitrogen and oxygen atoms in total. The van der Waals surface area contributed by atoms with Crippen LogP contribution in [0.3, 0.4) is 0 Å². The first-order valence-electron chi connectivity index (χ1n) is 5.18. The van der Waals surface area contributed by atoms with Crippen LogP contribution in [0.25, 0.3) is 0 Å². The number of benzene rings is 1. The van der Waals surface area contributed by atoms with Crippen LogP contribution in [0.2, 0.25) is 0 Å². The highest BCUT2D eigenvalue weighted by atomic mass is 19.3. The third-order valence-corrected chi connectivity index (χ3v) is 2.46. The molecule has 0 bridgehead atoms. The van der Waals surface area contributed by atoms with E-state index in [0.717, 1.165) is 0 Å². The lowest BCUT2D eigenvalue weighted by Crippen LogP contribution is -2.15. The highest BCUT2D eigenvalue weighted by molar-refractivity contribution is 5.32. The molecule has 15 heavy (non-hydrogen) atoms. The monoisotopic (exact) mass is 216 g/mol. The third kappa shape index (κ3) is 2.52. The number of hydrogen-bond donors (Lipinski definition) is 0. The van der Waals surface area contributed by atoms with Crippen molar-refractivity contribution in [2.24, 2.45) is 0 Å². The summed E-state index contributed by atoms with van der Waals surface area (Å²) in [5.74, 6) is -3.45. The molecule has 0 aliphatic rings. The van der Waals surface area contributed by atoms with E-state index in [1.54, 1.807) is 0 Å². The summed E-state index contributed by atoms with van der Waals surface area (Å²) >= 11 is 0. The zero-order chi connectivity index (χ0) is 11.5. The van der Waals surface area contributed by atoms with Crippen LogP contribution in [0.15, 0.2) is 18.2 Å². The average Bonchev–Trinajstić information content (AvgIpc) is 2.21. The van der Waals surface area contributed by atoms with Crippen molar-refractivity contribution in [2.75, 3.05) is 0 Å². The van der Waals surface area contributed by atoms with Crippen molar-refractivity contribution in [3.05, 3.63) is 35.1 Å². The van der Waals surface area contributed by atoms with Gasteiger partial charge in [0, 0.05) is 12.0 Å². The molecule has 0 unspecified atom stereocenters. The van der Waals surface area contributed by atoms with Gasteiger partial charge in [-0.2, -0.15) is 0 Å². The quantitative estimate of drug-likeness (QED) is 0.704. The van der Waals surface area contributed by atoms with Crippen LogP contribution in [0.1, 0.15) is 37.8 Å². The van der Waals surface area contributed by atoms with Crippen LogP contribution >= 0.6 is 0 Å². The van der Waals surface area contributed by atoms with Crippen molar-refractivity contribution in [3.63, 3.8) is 0 Å². The molecule has 0 aliphatic carbocycles. The van der Waals surface area contributed by atoms with E-state index in [9.17, 15) is 13.2 Å². The highest BCUT2D eigenvalue weighted by Crippen LogP contribution is 2.35. The standard InChI is InChI=1S/C12H15F3/c1-3-6-9-10(12(14,15)4-2)7-5-8-11(9)13/h5,7-8H,3-4,6H2,1-2H3. The summed E-state index contributed by atoms with van der Waals surface area (Å²) in [6, 6.07) is 3.89. The maximum atomic E-state index is 13.5. The molecule has 0 aliphatic heterocycles. The largest absolute Gasteiger partial charge is 0.273 e. The minimum absolute atomic E-state index is 0.159. The maximum absolute atomic E-state index is 13.5. The van der Waals surface area contributed by atoms with Crippen LogP contribution in [0, 0.1) is 5.82 Å². The first-order valence-corrected chi connectivity index (χ1v) is 5.18. The molecule has 0 heterocycles. The Labute approximate surface area is 88.1 Å². The zero-order valence-corrected chi connectivity index (χ0v) is 8.99. The molecule has 0 atom stereocenters. The number of alkyl halides is 2. The Bertz CT molecular complexity index is 332. The van der Waals surface area contributed by atoms with E-state index in [4.69, 9.17) is 0 Å². The lowest BCUT2D eigenvalue weighted by molar-refractivity contribution is -0.00951. The second kappa shape index (κ2) is 4.69. The Morgan fingerprint density at radius 1 is 1.20 bits per heavy atom. The Morgan fingerprint density at radius 2 is 1.87 bits per heavy atom. The summed E-state index contributed by atoms with van der Waals surface area (Å²) in [4.78, 5) is 0. The van der Waals surface area contributed by atoms with Crippen molar-refractivity contribution in [2.45, 2.75) is 39.0 Å². The molecule has 0 saturated carbocycles. The van der Waals surface area contributed by atoms with E-state index >= 15 is 0 Å². The number of hydrogen-bond acceptors (Lipinski definition) is 0. The first-order chi connectivity index (χ1) is 7.03. The normalized spacial score (nSPS) is 11.8. The Hall–Kier alpha value is -0.990. The van der Waals surface area contributed by atoms with Gasteiger partial charge in [0.15, 0.2) is 0 Å². The molecule has 0 fully saturated rings. The summed E-state index contributed by atoms with van der Waals surface area (Å²) in [6.07, 6.45) is 0.721. The van der Waals surface area contributed by atoms with Crippen LogP contribution < -0.4 is 0 Å². The van der Waals surface area contributed by atoms with Gasteiger partial charge in [-0.05, 0) is 18.1 Å². The van der Waals surface area contributed by atoms with Crippen LogP contribution in [0.4, 0.5) is 13.2 Å². The fourth-order valence-electron chi connectivity index (χ4n) is 1.60. The zero-order valence-electron chi connectivity index (χ0n) is 8.99. The van der Waals surface area contributed by atoms with E-state index < -0.39 is 11.7 Å². The molecule has 0 amide bonds. The SMILES string of the molecule is CCCc1c(F)cccc1C(F)(F)CC. The Balaban J connectivity index is 3.22. The predicted octanol–water partition coefficient (Wildman–Crippen LogP) is 4.28. The van der Waals surface area contributed by atoms with Crippen LogP contribution in [0.5, 0.6) is 0 Å². The van der Waals surface area contributed by atoms with Gasteiger partial charge in [0.2, 0.25) is 0 Å². The average molecular weight is 216 g/mol. The van der Waals surface area contributed by atoms with Gasteiger partial charge in [-0.25, -0.2) is 13.2 Å².